The zero-order valence-corrected chi connectivity index (χ0v) is 8.24. The first-order valence-electron chi connectivity index (χ1n) is 4.13. The summed E-state index contributed by atoms with van der Waals surface area (Å²) in [6.07, 6.45) is 5.16. The molecular weight excluding hydrogens is 152 g/mol. The van der Waals surface area contributed by atoms with E-state index < -0.39 is 0 Å². The molecule has 0 heterocycles. The molecule has 0 aliphatic heterocycles. The van der Waals surface area contributed by atoms with Crippen LogP contribution >= 0.6 is 12.6 Å². The van der Waals surface area contributed by atoms with Gasteiger partial charge in [-0.2, -0.15) is 12.6 Å². The largest absolute Gasteiger partial charge is 0.179 e. The maximum Gasteiger partial charge on any atom is -0.00665 e. The predicted octanol–water partition coefficient (Wildman–Crippen LogP) is 3.46. The summed E-state index contributed by atoms with van der Waals surface area (Å²) in [4.78, 5) is 0. The summed E-state index contributed by atoms with van der Waals surface area (Å²) in [5.41, 5.74) is 1.28. The molecule has 1 atom stereocenters. The molecule has 1 unspecified atom stereocenters. The molecule has 11 heavy (non-hydrogen) atoms. The molecule has 0 aliphatic carbocycles. The van der Waals surface area contributed by atoms with Crippen molar-refractivity contribution in [1.29, 1.82) is 0 Å². The van der Waals surface area contributed by atoms with Gasteiger partial charge in [0, 0.05) is 0 Å². The fourth-order valence-electron chi connectivity index (χ4n) is 1.03. The third-order valence-corrected chi connectivity index (χ3v) is 2.36. The summed E-state index contributed by atoms with van der Waals surface area (Å²) in [7, 11) is 0. The van der Waals surface area contributed by atoms with Crippen molar-refractivity contribution >= 4 is 12.6 Å². The highest BCUT2D eigenvalue weighted by Crippen LogP contribution is 2.17. The zero-order valence-electron chi connectivity index (χ0n) is 7.34. The normalized spacial score (nSPS) is 12.5. The zero-order chi connectivity index (χ0) is 8.69. The highest BCUT2D eigenvalue weighted by molar-refractivity contribution is 7.80. The van der Waals surface area contributed by atoms with E-state index in [1.165, 1.54) is 12.0 Å². The Labute approximate surface area is 75.8 Å². The molecule has 0 fully saturated rings. The highest BCUT2D eigenvalue weighted by Gasteiger charge is 2.04. The van der Waals surface area contributed by atoms with Crippen LogP contribution in [0.4, 0.5) is 0 Å². The van der Waals surface area contributed by atoms with E-state index >= 15 is 0 Å². The number of allylic oxidation sites excluding steroid dienone is 2. The Hall–Kier alpha value is -0.170. The first-order chi connectivity index (χ1) is 5.24. The van der Waals surface area contributed by atoms with Crippen molar-refractivity contribution in [3.63, 3.8) is 0 Å². The van der Waals surface area contributed by atoms with Crippen LogP contribution in [0.1, 0.15) is 26.2 Å². The van der Waals surface area contributed by atoms with Gasteiger partial charge in [0.2, 0.25) is 0 Å². The number of hydrogen-bond acceptors (Lipinski definition) is 1. The molecule has 0 aromatic heterocycles. The van der Waals surface area contributed by atoms with E-state index in [0.29, 0.717) is 5.92 Å². The van der Waals surface area contributed by atoms with Crippen LogP contribution in [0.5, 0.6) is 0 Å². The fourth-order valence-corrected chi connectivity index (χ4v) is 1.42. The van der Waals surface area contributed by atoms with E-state index in [4.69, 9.17) is 0 Å². The second-order valence-corrected chi connectivity index (χ2v) is 3.27. The summed E-state index contributed by atoms with van der Waals surface area (Å²) >= 11 is 4.27. The van der Waals surface area contributed by atoms with Crippen molar-refractivity contribution in [1.82, 2.24) is 0 Å². The van der Waals surface area contributed by atoms with Crippen molar-refractivity contribution in [2.24, 2.45) is 5.92 Å². The Morgan fingerprint density at radius 1 is 1.64 bits per heavy atom. The lowest BCUT2D eigenvalue weighted by atomic mass is 9.98. The minimum absolute atomic E-state index is 0.700. The number of hydrogen-bond donors (Lipinski definition) is 1. The van der Waals surface area contributed by atoms with E-state index in [2.05, 4.69) is 32.7 Å². The second kappa shape index (κ2) is 6.53. The van der Waals surface area contributed by atoms with Crippen molar-refractivity contribution < 1.29 is 0 Å². The van der Waals surface area contributed by atoms with Gasteiger partial charge < -0.3 is 0 Å². The van der Waals surface area contributed by atoms with E-state index in [9.17, 15) is 0 Å². The molecular formula is C10H18S. The minimum Gasteiger partial charge on any atom is -0.179 e. The van der Waals surface area contributed by atoms with Crippen LogP contribution in [0, 0.1) is 5.92 Å². The second-order valence-electron chi connectivity index (χ2n) is 2.90. The van der Waals surface area contributed by atoms with E-state index in [1.54, 1.807) is 0 Å². The average Bonchev–Trinajstić information content (AvgIpc) is 2.01. The van der Waals surface area contributed by atoms with Gasteiger partial charge in [0.25, 0.3) is 0 Å². The van der Waals surface area contributed by atoms with Gasteiger partial charge in [-0.3, -0.25) is 0 Å². The molecule has 0 aromatic carbocycles. The summed E-state index contributed by atoms with van der Waals surface area (Å²) in [6, 6.07) is 0. The minimum atomic E-state index is 0.700. The number of rotatable bonds is 6. The van der Waals surface area contributed by atoms with Gasteiger partial charge in [-0.1, -0.05) is 31.6 Å². The Morgan fingerprint density at radius 3 is 2.64 bits per heavy atom. The monoisotopic (exact) mass is 170 g/mol. The van der Waals surface area contributed by atoms with Crippen molar-refractivity contribution in [3.05, 3.63) is 24.8 Å². The molecule has 0 rings (SSSR count). The average molecular weight is 170 g/mol. The SMILES string of the molecule is C=CCC(=C)CC(CC)CS. The van der Waals surface area contributed by atoms with Crippen LogP contribution in [0.2, 0.25) is 0 Å². The van der Waals surface area contributed by atoms with Crippen LogP contribution in [-0.2, 0) is 0 Å². The predicted molar refractivity (Wildman–Crippen MR) is 56.2 cm³/mol. The maximum absolute atomic E-state index is 4.27. The van der Waals surface area contributed by atoms with Gasteiger partial charge in [0.05, 0.1) is 0 Å². The van der Waals surface area contributed by atoms with Crippen molar-refractivity contribution in [2.75, 3.05) is 5.75 Å². The Morgan fingerprint density at radius 2 is 2.27 bits per heavy atom. The lowest BCUT2D eigenvalue weighted by Crippen LogP contribution is -2.01. The first-order valence-corrected chi connectivity index (χ1v) is 4.76. The molecule has 64 valence electrons. The molecule has 0 bridgehead atoms. The molecule has 0 aromatic rings. The third-order valence-electron chi connectivity index (χ3n) is 1.85. The van der Waals surface area contributed by atoms with Gasteiger partial charge in [0.15, 0.2) is 0 Å². The third kappa shape index (κ3) is 5.14. The molecule has 1 heteroatoms. The van der Waals surface area contributed by atoms with Crippen LogP contribution in [0.25, 0.3) is 0 Å². The maximum atomic E-state index is 4.27. The van der Waals surface area contributed by atoms with Crippen LogP contribution in [0.15, 0.2) is 24.8 Å². The topological polar surface area (TPSA) is 0 Å². The van der Waals surface area contributed by atoms with Crippen molar-refractivity contribution in [2.45, 2.75) is 26.2 Å². The van der Waals surface area contributed by atoms with Gasteiger partial charge >= 0.3 is 0 Å². The summed E-state index contributed by atoms with van der Waals surface area (Å²) in [5, 5.41) is 0. The Kier molecular flexibility index (Phi) is 6.43. The van der Waals surface area contributed by atoms with Gasteiger partial charge in [0.1, 0.15) is 0 Å². The standard InChI is InChI=1S/C10H18S/c1-4-6-9(3)7-10(5-2)8-11/h4,10-11H,1,3,5-8H2,2H3. The highest BCUT2D eigenvalue weighted by atomic mass is 32.1. The smallest absolute Gasteiger partial charge is 0.00665 e. The fraction of sp³-hybridized carbons (Fsp3) is 0.600. The van der Waals surface area contributed by atoms with Gasteiger partial charge in [-0.05, 0) is 24.5 Å². The molecule has 0 saturated heterocycles. The molecule has 0 nitrogen and oxygen atoms in total. The lowest BCUT2D eigenvalue weighted by molar-refractivity contribution is 0.565. The summed E-state index contributed by atoms with van der Waals surface area (Å²) in [6.45, 7) is 9.85. The van der Waals surface area contributed by atoms with Crippen LogP contribution in [0.3, 0.4) is 0 Å². The van der Waals surface area contributed by atoms with Gasteiger partial charge in [-0.15, -0.1) is 6.58 Å². The Bertz CT molecular complexity index is 123. The summed E-state index contributed by atoms with van der Waals surface area (Å²) < 4.78 is 0. The lowest BCUT2D eigenvalue weighted by Gasteiger charge is -2.11. The summed E-state index contributed by atoms with van der Waals surface area (Å²) in [5.74, 6) is 1.66. The molecule has 0 radical (unpaired) electrons. The van der Waals surface area contributed by atoms with E-state index in [0.717, 1.165) is 18.6 Å². The van der Waals surface area contributed by atoms with E-state index in [-0.39, 0.29) is 0 Å². The molecule has 0 amide bonds. The molecule has 0 spiro atoms. The molecule has 0 aliphatic rings. The van der Waals surface area contributed by atoms with E-state index in [1.807, 2.05) is 6.08 Å². The van der Waals surface area contributed by atoms with Crippen LogP contribution < -0.4 is 0 Å². The number of thiol groups is 1. The quantitative estimate of drug-likeness (QED) is 0.458. The van der Waals surface area contributed by atoms with Gasteiger partial charge in [-0.25, -0.2) is 0 Å². The Balaban J connectivity index is 3.62. The first kappa shape index (κ1) is 10.8. The molecule has 0 N–H and O–H groups in total. The van der Waals surface area contributed by atoms with Crippen LogP contribution in [-0.4, -0.2) is 5.75 Å². The van der Waals surface area contributed by atoms with Crippen molar-refractivity contribution in [3.8, 4) is 0 Å². The molecule has 0 saturated carbocycles.